The number of rotatable bonds is 9. The number of ether oxygens (including phenoxy) is 1. The van der Waals surface area contributed by atoms with Gasteiger partial charge in [-0.25, -0.2) is 0 Å². The second-order valence-corrected chi connectivity index (χ2v) is 11.5. The Hall–Kier alpha value is -5.08. The summed E-state index contributed by atoms with van der Waals surface area (Å²) in [6.07, 6.45) is 0.797. The van der Waals surface area contributed by atoms with E-state index in [1.54, 1.807) is 0 Å². The summed E-state index contributed by atoms with van der Waals surface area (Å²) in [5, 5.41) is 22.1. The fourth-order valence-corrected chi connectivity index (χ4v) is 5.88. The van der Waals surface area contributed by atoms with Crippen LogP contribution in [0.3, 0.4) is 0 Å². The number of benzene rings is 4. The van der Waals surface area contributed by atoms with Crippen LogP contribution in [-0.4, -0.2) is 65.8 Å². The third-order valence-electron chi connectivity index (χ3n) is 8.42. The van der Waals surface area contributed by atoms with E-state index in [4.69, 9.17) is 9.15 Å². The van der Waals surface area contributed by atoms with Crippen molar-refractivity contribution in [1.82, 2.24) is 9.80 Å². The Bertz CT molecular complexity index is 1830. The van der Waals surface area contributed by atoms with Crippen LogP contribution in [0.4, 0.5) is 0 Å². The predicted molar refractivity (Wildman–Crippen MR) is 174 cm³/mol. The number of nitrogens with zero attached hydrogens (tertiary/aromatic N) is 2. The fraction of sp³-hybridized carbons (Fsp3) is 0.243. The largest absolute Gasteiger partial charge is 0.507 e. The molecule has 230 valence electrons. The predicted octanol–water partition coefficient (Wildman–Crippen LogP) is 5.79. The van der Waals surface area contributed by atoms with Crippen LogP contribution < -0.4 is 10.2 Å². The maximum absolute atomic E-state index is 13.7. The number of piperazine rings is 1. The maximum Gasteiger partial charge on any atom is 0.223 e. The zero-order valence-electron chi connectivity index (χ0n) is 25.2. The van der Waals surface area contributed by atoms with Crippen LogP contribution in [-0.2, 0) is 11.2 Å². The minimum Gasteiger partial charge on any atom is -0.507 e. The van der Waals surface area contributed by atoms with Crippen molar-refractivity contribution in [2.24, 2.45) is 0 Å². The molecule has 0 aliphatic carbocycles. The van der Waals surface area contributed by atoms with E-state index >= 15 is 0 Å². The molecule has 1 aliphatic rings. The van der Waals surface area contributed by atoms with Crippen molar-refractivity contribution in [2.45, 2.75) is 18.8 Å². The highest BCUT2D eigenvalue weighted by molar-refractivity contribution is 5.91. The highest BCUT2D eigenvalue weighted by Crippen LogP contribution is 2.43. The van der Waals surface area contributed by atoms with Crippen molar-refractivity contribution in [3.05, 3.63) is 124 Å². The molecule has 8 heteroatoms. The summed E-state index contributed by atoms with van der Waals surface area (Å²) in [4.78, 5) is 31.1. The summed E-state index contributed by atoms with van der Waals surface area (Å²) in [5.41, 5.74) is 2.48. The average molecular weight is 605 g/mol. The van der Waals surface area contributed by atoms with E-state index in [1.807, 2.05) is 84.7 Å². The molecule has 2 N–H and O–H groups in total. The van der Waals surface area contributed by atoms with Crippen molar-refractivity contribution >= 4 is 16.9 Å². The molecule has 1 unspecified atom stereocenters. The number of amides is 1. The van der Waals surface area contributed by atoms with Gasteiger partial charge in [0.15, 0.2) is 5.43 Å². The van der Waals surface area contributed by atoms with E-state index in [9.17, 15) is 19.8 Å². The van der Waals surface area contributed by atoms with E-state index < -0.39 is 11.3 Å². The maximum atomic E-state index is 13.7. The lowest BCUT2D eigenvalue weighted by molar-refractivity contribution is -0.133. The van der Waals surface area contributed by atoms with Crippen LogP contribution in [0.5, 0.6) is 17.2 Å². The van der Waals surface area contributed by atoms with E-state index in [0.717, 1.165) is 31.1 Å². The molecule has 8 nitrogen and oxygen atoms in total. The molecule has 1 aliphatic heterocycles. The number of carbonyl (C=O) groups is 1. The van der Waals surface area contributed by atoms with Gasteiger partial charge in [0.25, 0.3) is 0 Å². The van der Waals surface area contributed by atoms with Gasteiger partial charge < -0.3 is 29.2 Å². The van der Waals surface area contributed by atoms with Gasteiger partial charge in [-0.3, -0.25) is 9.59 Å². The minimum atomic E-state index is -0.673. The second kappa shape index (κ2) is 13.3. The number of hydrogen-bond acceptors (Lipinski definition) is 7. The van der Waals surface area contributed by atoms with E-state index in [1.165, 1.54) is 11.6 Å². The van der Waals surface area contributed by atoms with Crippen molar-refractivity contribution in [1.29, 1.82) is 0 Å². The summed E-state index contributed by atoms with van der Waals surface area (Å²) in [5.74, 6) is -0.410. The van der Waals surface area contributed by atoms with Gasteiger partial charge in [-0.2, -0.15) is 0 Å². The number of hydrogen-bond donors (Lipinski definition) is 2. The third kappa shape index (κ3) is 6.71. The average Bonchev–Trinajstić information content (AvgIpc) is 3.05. The zero-order chi connectivity index (χ0) is 31.3. The molecule has 1 amide bonds. The van der Waals surface area contributed by atoms with Crippen LogP contribution in [0.2, 0.25) is 0 Å². The van der Waals surface area contributed by atoms with Gasteiger partial charge >= 0.3 is 0 Å². The molecule has 1 aromatic heterocycles. The smallest absolute Gasteiger partial charge is 0.223 e. The van der Waals surface area contributed by atoms with Crippen LogP contribution in [0.15, 0.2) is 106 Å². The van der Waals surface area contributed by atoms with Gasteiger partial charge in [0, 0.05) is 68.2 Å². The molecule has 1 atom stereocenters. The topological polar surface area (TPSA) is 103 Å². The van der Waals surface area contributed by atoms with Crippen LogP contribution in [0.1, 0.15) is 29.0 Å². The van der Waals surface area contributed by atoms with Gasteiger partial charge in [0.05, 0.1) is 6.61 Å². The highest BCUT2D eigenvalue weighted by atomic mass is 16.5. The lowest BCUT2D eigenvalue weighted by atomic mass is 9.86. The monoisotopic (exact) mass is 604 g/mol. The van der Waals surface area contributed by atoms with E-state index in [-0.39, 0.29) is 40.4 Å². The second-order valence-electron chi connectivity index (χ2n) is 11.5. The van der Waals surface area contributed by atoms with Crippen molar-refractivity contribution in [3.8, 4) is 28.6 Å². The summed E-state index contributed by atoms with van der Waals surface area (Å²) < 4.78 is 12.3. The quantitative estimate of drug-likeness (QED) is 0.220. The first-order valence-corrected chi connectivity index (χ1v) is 15.2. The molecule has 0 bridgehead atoms. The van der Waals surface area contributed by atoms with Crippen molar-refractivity contribution in [2.75, 3.05) is 39.8 Å². The van der Waals surface area contributed by atoms with Gasteiger partial charge in [0.1, 0.15) is 34.0 Å². The van der Waals surface area contributed by atoms with Gasteiger partial charge in [0.2, 0.25) is 5.91 Å². The first-order valence-electron chi connectivity index (χ1n) is 15.2. The Labute approximate surface area is 261 Å². The molecule has 0 saturated carbocycles. The summed E-state index contributed by atoms with van der Waals surface area (Å²) in [7, 11) is 2.03. The SMILES string of the molecule is CN1CCN(C(=O)CC(c2ccc(OCCc3ccccc3)cc2)c2c(O)cc(O)c3c(=O)cc(-c4ccccc4)oc23)CC1. The molecular formula is C37H36N2O6. The molecule has 45 heavy (non-hydrogen) atoms. The van der Waals surface area contributed by atoms with Crippen molar-refractivity contribution < 1.29 is 24.2 Å². The van der Waals surface area contributed by atoms with Gasteiger partial charge in [-0.1, -0.05) is 72.8 Å². The standard InChI is InChI=1S/C37H36N2O6/c1-38-17-19-39(20-18-38)34(43)22-29(26-12-14-28(15-13-26)44-21-16-25-8-4-2-5-9-25)35-30(40)23-31(41)36-32(42)24-33(45-37(35)36)27-10-6-3-7-11-27/h2-15,23-24,29,40-41H,16-22H2,1H3. The number of fused-ring (bicyclic) bond motifs is 1. The van der Waals surface area contributed by atoms with Crippen LogP contribution >= 0.6 is 0 Å². The molecule has 1 saturated heterocycles. The van der Waals surface area contributed by atoms with Crippen LogP contribution in [0, 0.1) is 0 Å². The third-order valence-corrected chi connectivity index (χ3v) is 8.42. The van der Waals surface area contributed by atoms with Gasteiger partial charge in [-0.05, 0) is 30.3 Å². The molecule has 0 spiro atoms. The first kappa shape index (κ1) is 30.0. The van der Waals surface area contributed by atoms with E-state index in [0.29, 0.717) is 36.8 Å². The van der Waals surface area contributed by atoms with Crippen molar-refractivity contribution in [3.63, 3.8) is 0 Å². The normalized spacial score (nSPS) is 14.4. The molecule has 6 rings (SSSR count). The molecule has 0 radical (unpaired) electrons. The summed E-state index contributed by atoms with van der Waals surface area (Å²) in [6.45, 7) is 3.26. The Morgan fingerprint density at radius 1 is 0.867 bits per heavy atom. The highest BCUT2D eigenvalue weighted by Gasteiger charge is 2.30. The zero-order valence-corrected chi connectivity index (χ0v) is 25.2. The molecule has 2 heterocycles. The lowest BCUT2D eigenvalue weighted by Gasteiger charge is -2.33. The number of phenolic OH excluding ortho intramolecular Hbond substituents is 2. The number of carbonyl (C=O) groups excluding carboxylic acids is 1. The Balaban J connectivity index is 1.39. The Kier molecular flexibility index (Phi) is 8.84. The van der Waals surface area contributed by atoms with E-state index in [2.05, 4.69) is 17.0 Å². The minimum absolute atomic E-state index is 0.0324. The molecule has 1 fully saturated rings. The number of likely N-dealkylation sites (N-methyl/N-ethyl adjacent to an activating group) is 1. The lowest BCUT2D eigenvalue weighted by Crippen LogP contribution is -2.47. The fourth-order valence-electron chi connectivity index (χ4n) is 5.88. The number of aromatic hydroxyl groups is 2. The molecule has 4 aromatic carbocycles. The summed E-state index contributed by atoms with van der Waals surface area (Å²) >= 11 is 0. The molecule has 5 aromatic rings. The van der Waals surface area contributed by atoms with Crippen LogP contribution in [0.25, 0.3) is 22.3 Å². The van der Waals surface area contributed by atoms with Gasteiger partial charge in [-0.15, -0.1) is 0 Å². The number of phenols is 2. The molecular weight excluding hydrogens is 568 g/mol. The summed E-state index contributed by atoms with van der Waals surface area (Å²) in [6, 6.07) is 29.2. The Morgan fingerprint density at radius 2 is 1.53 bits per heavy atom. The Morgan fingerprint density at radius 3 is 2.22 bits per heavy atom. The first-order chi connectivity index (χ1) is 21.9.